The van der Waals surface area contributed by atoms with E-state index in [4.69, 9.17) is 9.15 Å². The summed E-state index contributed by atoms with van der Waals surface area (Å²) in [5, 5.41) is 1.09. The average Bonchev–Trinajstić information content (AvgIpc) is 2.69. The molecule has 5 nitrogen and oxygen atoms in total. The molecule has 1 aliphatic heterocycles. The molecule has 1 N–H and O–H groups in total. The second-order valence-electron chi connectivity index (χ2n) is 7.22. The fraction of sp³-hybridized carbons (Fsp3) is 0.333. The molecule has 2 aromatic heterocycles. The summed E-state index contributed by atoms with van der Waals surface area (Å²) in [4.78, 5) is 17.9. The molecule has 1 atom stereocenters. The third-order valence-corrected chi connectivity index (χ3v) is 5.51. The third kappa shape index (κ3) is 2.59. The predicted octanol–water partition coefficient (Wildman–Crippen LogP) is 2.00. The number of hydrogen-bond acceptors (Lipinski definition) is 4. The van der Waals surface area contributed by atoms with Crippen molar-refractivity contribution < 1.29 is 14.1 Å². The van der Waals surface area contributed by atoms with Gasteiger partial charge in [-0.1, -0.05) is 0 Å². The molecular weight excluding hydrogens is 328 g/mol. The van der Waals surface area contributed by atoms with Crippen molar-refractivity contribution in [1.29, 1.82) is 0 Å². The minimum Gasteiger partial charge on any atom is -0.445 e. The molecule has 0 saturated heterocycles. The van der Waals surface area contributed by atoms with Crippen LogP contribution in [0, 0.1) is 0 Å². The molecule has 0 fully saturated rings. The monoisotopic (exact) mass is 349 g/mol. The van der Waals surface area contributed by atoms with Gasteiger partial charge in [0.1, 0.15) is 18.8 Å². The van der Waals surface area contributed by atoms with Crippen LogP contribution in [0.2, 0.25) is 0 Å². The molecule has 1 aliphatic carbocycles. The summed E-state index contributed by atoms with van der Waals surface area (Å²) in [6, 6.07) is 8.16. The minimum atomic E-state index is -0.165. The Kier molecular flexibility index (Phi) is 3.75. The van der Waals surface area contributed by atoms with Crippen molar-refractivity contribution in [2.45, 2.75) is 38.8 Å². The highest BCUT2D eigenvalue weighted by Gasteiger charge is 2.27. The fourth-order valence-corrected chi connectivity index (χ4v) is 4.23. The van der Waals surface area contributed by atoms with Crippen LogP contribution in [0.4, 0.5) is 0 Å². The first-order valence-electron chi connectivity index (χ1n) is 9.25. The Morgan fingerprint density at radius 1 is 1.00 bits per heavy atom. The summed E-state index contributed by atoms with van der Waals surface area (Å²) in [5.41, 5.74) is 4.86. The second-order valence-corrected chi connectivity index (χ2v) is 7.22. The zero-order valence-electron chi connectivity index (χ0n) is 14.6. The van der Waals surface area contributed by atoms with Gasteiger partial charge in [0.25, 0.3) is 0 Å². The molecule has 2 aliphatic rings. The number of aryl methyl sites for hydroxylation is 1. The van der Waals surface area contributed by atoms with Gasteiger partial charge in [0.05, 0.1) is 5.56 Å². The largest absolute Gasteiger partial charge is 0.445 e. The predicted molar refractivity (Wildman–Crippen MR) is 97.2 cm³/mol. The maximum absolute atomic E-state index is 12.5. The molecule has 1 unspecified atom stereocenters. The molecular formula is C21H21N2O3+. The number of quaternary nitrogens is 1. The van der Waals surface area contributed by atoms with Crippen LogP contribution >= 0.6 is 0 Å². The van der Waals surface area contributed by atoms with Gasteiger partial charge in [0.2, 0.25) is 6.73 Å². The lowest BCUT2D eigenvalue weighted by molar-refractivity contribution is -0.945. The van der Waals surface area contributed by atoms with Crippen molar-refractivity contribution in [2.24, 2.45) is 0 Å². The number of benzene rings is 1. The van der Waals surface area contributed by atoms with E-state index in [1.165, 1.54) is 16.0 Å². The van der Waals surface area contributed by atoms with Crippen LogP contribution in [0.3, 0.4) is 0 Å². The molecule has 0 saturated carbocycles. The highest BCUT2D eigenvalue weighted by Crippen LogP contribution is 2.33. The van der Waals surface area contributed by atoms with Crippen molar-refractivity contribution in [2.75, 3.05) is 6.73 Å². The van der Waals surface area contributed by atoms with Crippen LogP contribution in [0.15, 0.2) is 45.9 Å². The van der Waals surface area contributed by atoms with Gasteiger partial charge in [-0.2, -0.15) is 0 Å². The van der Waals surface area contributed by atoms with E-state index in [1.807, 2.05) is 30.6 Å². The summed E-state index contributed by atoms with van der Waals surface area (Å²) < 4.78 is 11.8. The maximum atomic E-state index is 12.5. The number of aromatic nitrogens is 1. The number of hydrogen-bond donors (Lipinski definition) is 1. The molecule has 0 radical (unpaired) electrons. The van der Waals surface area contributed by atoms with Gasteiger partial charge in [0, 0.05) is 28.9 Å². The van der Waals surface area contributed by atoms with Crippen LogP contribution in [-0.2, 0) is 25.9 Å². The van der Waals surface area contributed by atoms with Gasteiger partial charge in [-0.05, 0) is 55.5 Å². The summed E-state index contributed by atoms with van der Waals surface area (Å²) in [6.07, 6.45) is 7.63. The zero-order chi connectivity index (χ0) is 17.5. The van der Waals surface area contributed by atoms with Gasteiger partial charge in [0.15, 0.2) is 5.58 Å². The Morgan fingerprint density at radius 3 is 2.65 bits per heavy atom. The van der Waals surface area contributed by atoms with Gasteiger partial charge in [-0.25, -0.2) is 4.79 Å². The van der Waals surface area contributed by atoms with Gasteiger partial charge in [-0.15, -0.1) is 0 Å². The first-order chi connectivity index (χ1) is 12.8. The van der Waals surface area contributed by atoms with Crippen molar-refractivity contribution in [3.8, 4) is 5.75 Å². The molecule has 26 heavy (non-hydrogen) atoms. The standard InChI is InChI=1S/C21H20N2O3/c24-21-17-4-2-1-3-15(17)16-5-6-19-18(20(16)26-21)12-23(13-25-19)11-14-7-9-22-10-8-14/h5-10H,1-4,11-13H2/p+1. The highest BCUT2D eigenvalue weighted by atomic mass is 16.5. The van der Waals surface area contributed by atoms with E-state index in [2.05, 4.69) is 11.1 Å². The van der Waals surface area contributed by atoms with Crippen LogP contribution < -0.4 is 15.3 Å². The van der Waals surface area contributed by atoms with Gasteiger partial charge >= 0.3 is 5.63 Å². The van der Waals surface area contributed by atoms with Crippen molar-refractivity contribution in [1.82, 2.24) is 4.98 Å². The zero-order valence-corrected chi connectivity index (χ0v) is 14.6. The van der Waals surface area contributed by atoms with Crippen LogP contribution in [-0.4, -0.2) is 11.7 Å². The Morgan fingerprint density at radius 2 is 1.81 bits per heavy atom. The molecule has 3 heterocycles. The summed E-state index contributed by atoms with van der Waals surface area (Å²) in [7, 11) is 0. The van der Waals surface area contributed by atoms with E-state index in [-0.39, 0.29) is 5.63 Å². The van der Waals surface area contributed by atoms with E-state index in [1.54, 1.807) is 0 Å². The van der Waals surface area contributed by atoms with Crippen molar-refractivity contribution >= 4 is 11.0 Å². The van der Waals surface area contributed by atoms with Gasteiger partial charge < -0.3 is 9.15 Å². The molecule has 132 valence electrons. The van der Waals surface area contributed by atoms with Crippen LogP contribution in [0.25, 0.3) is 11.0 Å². The Bertz CT molecular complexity index is 1030. The number of pyridine rings is 1. The van der Waals surface area contributed by atoms with E-state index in [0.717, 1.165) is 66.6 Å². The lowest BCUT2D eigenvalue weighted by Gasteiger charge is -2.27. The van der Waals surface area contributed by atoms with Crippen LogP contribution in [0.5, 0.6) is 5.75 Å². The Labute approximate surface area is 151 Å². The molecule has 1 aromatic carbocycles. The molecule has 0 amide bonds. The second kappa shape index (κ2) is 6.25. The number of nitrogens with one attached hydrogen (secondary N) is 1. The van der Waals surface area contributed by atoms with Crippen molar-refractivity contribution in [3.63, 3.8) is 0 Å². The molecule has 3 aromatic rings. The topological polar surface area (TPSA) is 56.8 Å². The number of rotatable bonds is 2. The molecule has 0 spiro atoms. The summed E-state index contributed by atoms with van der Waals surface area (Å²) in [6.45, 7) is 2.25. The fourth-order valence-electron chi connectivity index (χ4n) is 4.23. The Hall–Kier alpha value is -2.66. The molecule has 5 heteroatoms. The van der Waals surface area contributed by atoms with E-state index in [0.29, 0.717) is 6.73 Å². The minimum absolute atomic E-state index is 0.165. The van der Waals surface area contributed by atoms with Gasteiger partial charge in [-0.3, -0.25) is 9.88 Å². The highest BCUT2D eigenvalue weighted by molar-refractivity contribution is 5.86. The summed E-state index contributed by atoms with van der Waals surface area (Å²) in [5.74, 6) is 0.842. The van der Waals surface area contributed by atoms with E-state index < -0.39 is 0 Å². The number of nitrogens with zero attached hydrogens (tertiary/aromatic N) is 1. The number of ether oxygens (including phenoxy) is 1. The lowest BCUT2D eigenvalue weighted by Crippen LogP contribution is -3.10. The number of fused-ring (bicyclic) bond motifs is 5. The first-order valence-corrected chi connectivity index (χ1v) is 9.25. The molecule has 0 bridgehead atoms. The SMILES string of the molecule is O=c1oc2c3c(ccc2c2c1CCCC2)OC[NH+](Cc1ccncc1)C3. The first kappa shape index (κ1) is 15.6. The average molecular weight is 349 g/mol. The third-order valence-electron chi connectivity index (χ3n) is 5.51. The normalized spacial score (nSPS) is 18.8. The Balaban J connectivity index is 1.57. The van der Waals surface area contributed by atoms with Crippen LogP contribution in [0.1, 0.15) is 35.1 Å². The van der Waals surface area contributed by atoms with E-state index >= 15 is 0 Å². The molecule has 5 rings (SSSR count). The smallest absolute Gasteiger partial charge is 0.339 e. The lowest BCUT2D eigenvalue weighted by atomic mass is 9.90. The maximum Gasteiger partial charge on any atom is 0.339 e. The summed E-state index contributed by atoms with van der Waals surface area (Å²) >= 11 is 0. The van der Waals surface area contributed by atoms with E-state index in [9.17, 15) is 4.79 Å². The van der Waals surface area contributed by atoms with Crippen molar-refractivity contribution in [3.05, 3.63) is 69.3 Å². The quantitative estimate of drug-likeness (QED) is 0.719.